The third-order valence-corrected chi connectivity index (χ3v) is 6.41. The quantitative estimate of drug-likeness (QED) is 0.121. The topological polar surface area (TPSA) is 159 Å². The van der Waals surface area contributed by atoms with Crippen LogP contribution in [-0.4, -0.2) is 41.5 Å². The number of non-ortho nitro benzene ring substituents is 2. The van der Waals surface area contributed by atoms with Gasteiger partial charge < -0.3 is 4.74 Å². The van der Waals surface area contributed by atoms with E-state index in [1.807, 2.05) is 40.8 Å². The van der Waals surface area contributed by atoms with E-state index in [1.165, 1.54) is 24.3 Å². The normalized spacial score (nSPS) is 11.2. The summed E-state index contributed by atoms with van der Waals surface area (Å²) in [5.74, 6) is 0. The molecular formula is C25H20ClIN6O6. The molecule has 0 saturated heterocycles. The summed E-state index contributed by atoms with van der Waals surface area (Å²) in [6.07, 6.45) is -0.661. The molecule has 3 aromatic carbocycles. The smallest absolute Gasteiger partial charge is 0.435 e. The molecule has 12 nitrogen and oxygen atoms in total. The zero-order valence-corrected chi connectivity index (χ0v) is 23.6. The predicted octanol–water partition coefficient (Wildman–Crippen LogP) is 7.12. The lowest BCUT2D eigenvalue weighted by Crippen LogP contribution is -2.27. The van der Waals surface area contributed by atoms with Gasteiger partial charge in [0.1, 0.15) is 15.0 Å². The monoisotopic (exact) mass is 662 g/mol. The van der Waals surface area contributed by atoms with Crippen LogP contribution in [0, 0.1) is 23.9 Å². The molecule has 0 radical (unpaired) electrons. The van der Waals surface area contributed by atoms with E-state index in [1.54, 1.807) is 39.0 Å². The van der Waals surface area contributed by atoms with Crippen molar-refractivity contribution in [1.29, 1.82) is 0 Å². The SMILES string of the molecule is CC(C)(C)OC(=O)n1nc(I)c2ccc([N+](=O)[O-])cc21.O=[N+]([O-])c1ccc2c(-c3ccccc3Cl)n[nH]c2c1. The van der Waals surface area contributed by atoms with Gasteiger partial charge in [-0.25, -0.2) is 4.79 Å². The van der Waals surface area contributed by atoms with Crippen LogP contribution in [-0.2, 0) is 4.74 Å². The van der Waals surface area contributed by atoms with Crippen LogP contribution in [0.2, 0.25) is 5.02 Å². The maximum absolute atomic E-state index is 12.1. The minimum Gasteiger partial charge on any atom is -0.442 e. The lowest BCUT2D eigenvalue weighted by atomic mass is 10.1. The fraction of sp³-hybridized carbons (Fsp3) is 0.160. The fourth-order valence-corrected chi connectivity index (χ4v) is 4.50. The highest BCUT2D eigenvalue weighted by Gasteiger charge is 2.23. The summed E-state index contributed by atoms with van der Waals surface area (Å²) >= 11 is 8.10. The molecule has 0 atom stereocenters. The van der Waals surface area contributed by atoms with Gasteiger partial charge in [0, 0.05) is 40.6 Å². The molecule has 2 heterocycles. The Balaban J connectivity index is 0.000000181. The number of nitrogens with zero attached hydrogens (tertiary/aromatic N) is 5. The summed E-state index contributed by atoms with van der Waals surface area (Å²) in [5.41, 5.74) is 1.73. The van der Waals surface area contributed by atoms with Crippen LogP contribution in [0.15, 0.2) is 60.7 Å². The van der Waals surface area contributed by atoms with Gasteiger partial charge in [-0.1, -0.05) is 29.8 Å². The number of fused-ring (bicyclic) bond motifs is 2. The number of nitrogens with one attached hydrogen (secondary N) is 1. The number of carbonyl (C=O) groups excluding carboxylic acids is 1. The molecule has 0 unspecified atom stereocenters. The third kappa shape index (κ3) is 6.15. The number of aromatic nitrogens is 4. The number of carbonyl (C=O) groups is 1. The van der Waals surface area contributed by atoms with E-state index in [9.17, 15) is 25.0 Å². The molecule has 5 aromatic rings. The molecule has 0 amide bonds. The van der Waals surface area contributed by atoms with E-state index in [0.717, 1.165) is 15.6 Å². The van der Waals surface area contributed by atoms with Gasteiger partial charge in [0.05, 0.1) is 25.9 Å². The van der Waals surface area contributed by atoms with E-state index in [0.29, 0.717) is 30.8 Å². The van der Waals surface area contributed by atoms with E-state index in [4.69, 9.17) is 16.3 Å². The highest BCUT2D eigenvalue weighted by Crippen LogP contribution is 2.32. The second-order valence-electron chi connectivity index (χ2n) is 9.18. The number of H-pyrrole nitrogens is 1. The highest BCUT2D eigenvalue weighted by atomic mass is 127. The minimum atomic E-state index is -0.665. The van der Waals surface area contributed by atoms with Gasteiger partial charge in [0.15, 0.2) is 0 Å². The summed E-state index contributed by atoms with van der Waals surface area (Å²) in [7, 11) is 0. The second-order valence-corrected chi connectivity index (χ2v) is 10.6. The van der Waals surface area contributed by atoms with Crippen LogP contribution in [0.4, 0.5) is 16.2 Å². The van der Waals surface area contributed by atoms with Crippen LogP contribution in [0.5, 0.6) is 0 Å². The van der Waals surface area contributed by atoms with Gasteiger partial charge in [-0.3, -0.25) is 25.3 Å². The van der Waals surface area contributed by atoms with Gasteiger partial charge in [-0.15, -0.1) is 0 Å². The molecule has 2 aromatic heterocycles. The Hall–Kier alpha value is -4.11. The molecule has 0 aliphatic heterocycles. The van der Waals surface area contributed by atoms with Crippen molar-refractivity contribution in [2.75, 3.05) is 0 Å². The largest absolute Gasteiger partial charge is 0.442 e. The van der Waals surface area contributed by atoms with Crippen LogP contribution in [0.3, 0.4) is 0 Å². The Labute approximate surface area is 239 Å². The molecule has 0 bridgehead atoms. The molecule has 39 heavy (non-hydrogen) atoms. The van der Waals surface area contributed by atoms with Crippen LogP contribution in [0.25, 0.3) is 33.1 Å². The first-order valence-corrected chi connectivity index (χ1v) is 12.7. The number of benzene rings is 3. The van der Waals surface area contributed by atoms with Crippen LogP contribution < -0.4 is 0 Å². The number of halogens is 2. The van der Waals surface area contributed by atoms with E-state index < -0.39 is 21.5 Å². The van der Waals surface area contributed by atoms with E-state index in [2.05, 4.69) is 15.3 Å². The molecule has 0 saturated carbocycles. The Morgan fingerprint density at radius 3 is 2.23 bits per heavy atom. The molecule has 0 aliphatic rings. The van der Waals surface area contributed by atoms with E-state index in [-0.39, 0.29) is 11.4 Å². The highest BCUT2D eigenvalue weighted by molar-refractivity contribution is 14.1. The summed E-state index contributed by atoms with van der Waals surface area (Å²) in [6, 6.07) is 16.2. The van der Waals surface area contributed by atoms with Crippen molar-refractivity contribution in [3.05, 3.63) is 89.6 Å². The molecule has 1 N–H and O–H groups in total. The van der Waals surface area contributed by atoms with Gasteiger partial charge in [0.2, 0.25) is 0 Å². The van der Waals surface area contributed by atoms with Crippen molar-refractivity contribution in [1.82, 2.24) is 20.0 Å². The number of nitro benzene ring substituents is 2. The lowest BCUT2D eigenvalue weighted by Gasteiger charge is -2.19. The summed E-state index contributed by atoms with van der Waals surface area (Å²) < 4.78 is 6.87. The second kappa shape index (κ2) is 10.9. The van der Waals surface area contributed by atoms with Gasteiger partial charge >= 0.3 is 6.09 Å². The molecule has 14 heteroatoms. The van der Waals surface area contributed by atoms with Crippen molar-refractivity contribution in [2.24, 2.45) is 0 Å². The molecule has 5 rings (SSSR count). The van der Waals surface area contributed by atoms with Crippen molar-refractivity contribution >= 4 is 73.5 Å². The average molecular weight is 663 g/mol. The van der Waals surface area contributed by atoms with Crippen LogP contribution in [0.1, 0.15) is 20.8 Å². The third-order valence-electron chi connectivity index (χ3n) is 5.28. The maximum Gasteiger partial charge on any atom is 0.435 e. The number of nitro groups is 2. The Kier molecular flexibility index (Phi) is 7.83. The Bertz CT molecular complexity index is 1740. The van der Waals surface area contributed by atoms with Crippen molar-refractivity contribution in [3.8, 4) is 11.3 Å². The fourth-order valence-electron chi connectivity index (χ4n) is 3.60. The molecular weight excluding hydrogens is 643 g/mol. The number of rotatable bonds is 3. The minimum absolute atomic E-state index is 0.0295. The first-order chi connectivity index (χ1) is 18.4. The summed E-state index contributed by atoms with van der Waals surface area (Å²) in [5, 5.41) is 34.7. The zero-order chi connectivity index (χ0) is 28.5. The standard InChI is InChI=1S/C13H8ClN3O2.C12H12IN3O4/c14-11-4-2-1-3-9(11)13-10-6-5-8(17(18)19)7-12(10)15-16-13;1-12(2,3)20-11(17)15-9-6-7(16(18)19)4-5-8(9)10(13)14-15/h1-7H,(H,15,16);4-6H,1-3H3. The Morgan fingerprint density at radius 1 is 1.00 bits per heavy atom. The number of hydrogen-bond donors (Lipinski definition) is 1. The first kappa shape index (κ1) is 27.9. The lowest BCUT2D eigenvalue weighted by molar-refractivity contribution is -0.384. The molecule has 0 aliphatic carbocycles. The predicted molar refractivity (Wildman–Crippen MR) is 154 cm³/mol. The van der Waals surface area contributed by atoms with Crippen molar-refractivity contribution in [2.45, 2.75) is 26.4 Å². The van der Waals surface area contributed by atoms with Crippen LogP contribution >= 0.6 is 34.2 Å². The summed E-state index contributed by atoms with van der Waals surface area (Å²) in [6.45, 7) is 5.22. The zero-order valence-electron chi connectivity index (χ0n) is 20.7. The van der Waals surface area contributed by atoms with Gasteiger partial charge in [0.25, 0.3) is 11.4 Å². The number of ether oxygens (including phenoxy) is 1. The molecule has 200 valence electrons. The molecule has 0 fully saturated rings. The Morgan fingerprint density at radius 2 is 1.62 bits per heavy atom. The van der Waals surface area contributed by atoms with E-state index >= 15 is 0 Å². The van der Waals surface area contributed by atoms with Gasteiger partial charge in [-0.2, -0.15) is 14.9 Å². The van der Waals surface area contributed by atoms with Crippen molar-refractivity contribution < 1.29 is 19.4 Å². The van der Waals surface area contributed by atoms with Crippen molar-refractivity contribution in [3.63, 3.8) is 0 Å². The summed E-state index contributed by atoms with van der Waals surface area (Å²) in [4.78, 5) is 32.7. The maximum atomic E-state index is 12.1. The molecule has 0 spiro atoms. The number of aromatic amines is 1. The first-order valence-electron chi connectivity index (χ1n) is 11.3. The average Bonchev–Trinajstić information content (AvgIpc) is 3.44. The van der Waals surface area contributed by atoms with Gasteiger partial charge in [-0.05, 0) is 61.6 Å². The number of hydrogen-bond acceptors (Lipinski definition) is 8.